The van der Waals surface area contributed by atoms with Crippen molar-refractivity contribution in [3.05, 3.63) is 54.0 Å². The summed E-state index contributed by atoms with van der Waals surface area (Å²) in [5, 5.41) is 3.35. The van der Waals surface area contributed by atoms with E-state index in [4.69, 9.17) is 4.42 Å². The van der Waals surface area contributed by atoms with E-state index < -0.39 is 6.61 Å². The molecule has 2 rings (SSSR count). The molecule has 0 radical (unpaired) electrons. The molecule has 0 saturated heterocycles. The summed E-state index contributed by atoms with van der Waals surface area (Å²) in [4.78, 5) is 0. The van der Waals surface area contributed by atoms with Crippen LogP contribution in [0.3, 0.4) is 0 Å². The number of alkyl halides is 2. The van der Waals surface area contributed by atoms with Crippen molar-refractivity contribution < 1.29 is 17.9 Å². The zero-order valence-electron chi connectivity index (χ0n) is 11.2. The van der Waals surface area contributed by atoms with Gasteiger partial charge in [-0.25, -0.2) is 0 Å². The number of halogens is 2. The van der Waals surface area contributed by atoms with Gasteiger partial charge in [-0.3, -0.25) is 0 Å². The van der Waals surface area contributed by atoms with Crippen molar-refractivity contribution in [2.24, 2.45) is 0 Å². The highest BCUT2D eigenvalue weighted by atomic mass is 19.3. The molecular formula is C15H17F2NO2. The third-order valence-electron chi connectivity index (χ3n) is 2.94. The van der Waals surface area contributed by atoms with Gasteiger partial charge in [0.25, 0.3) is 0 Å². The minimum Gasteiger partial charge on any atom is -0.469 e. The molecule has 2 aromatic rings. The maximum Gasteiger partial charge on any atom is 0.387 e. The molecule has 0 spiro atoms. The van der Waals surface area contributed by atoms with Gasteiger partial charge in [-0.15, -0.1) is 0 Å². The summed E-state index contributed by atoms with van der Waals surface area (Å²) in [6.07, 6.45) is 2.34. The molecule has 0 aliphatic carbocycles. The number of benzene rings is 1. The van der Waals surface area contributed by atoms with Gasteiger partial charge in [0, 0.05) is 12.5 Å². The highest BCUT2D eigenvalue weighted by Gasteiger charge is 2.13. The normalized spacial score (nSPS) is 12.6. The number of furan rings is 1. The zero-order chi connectivity index (χ0) is 14.4. The van der Waals surface area contributed by atoms with Gasteiger partial charge in [0.2, 0.25) is 0 Å². The van der Waals surface area contributed by atoms with Crippen LogP contribution in [0, 0.1) is 0 Å². The Balaban J connectivity index is 2.08. The first kappa shape index (κ1) is 14.5. The Hall–Kier alpha value is -1.88. The van der Waals surface area contributed by atoms with E-state index in [1.165, 1.54) is 0 Å². The molecule has 0 aliphatic rings. The van der Waals surface area contributed by atoms with E-state index in [9.17, 15) is 8.78 Å². The van der Waals surface area contributed by atoms with Gasteiger partial charge >= 0.3 is 6.61 Å². The molecule has 1 atom stereocenters. The highest BCUT2D eigenvalue weighted by molar-refractivity contribution is 5.29. The van der Waals surface area contributed by atoms with Gasteiger partial charge in [0.15, 0.2) is 0 Å². The molecular weight excluding hydrogens is 264 g/mol. The molecule has 1 N–H and O–H groups in total. The van der Waals surface area contributed by atoms with Crippen molar-refractivity contribution in [3.63, 3.8) is 0 Å². The number of ether oxygens (including phenoxy) is 1. The third-order valence-corrected chi connectivity index (χ3v) is 2.94. The second-order valence-corrected chi connectivity index (χ2v) is 4.34. The summed E-state index contributed by atoms with van der Waals surface area (Å²) in [7, 11) is 0. The van der Waals surface area contributed by atoms with Crippen molar-refractivity contribution in [3.8, 4) is 5.75 Å². The molecule has 0 saturated carbocycles. The van der Waals surface area contributed by atoms with Crippen LogP contribution in [0.4, 0.5) is 8.78 Å². The largest absolute Gasteiger partial charge is 0.469 e. The standard InChI is InChI=1S/C15H17F2NO2/c1-2-18-14(10-13-4-3-9-19-13)11-5-7-12(8-6-11)20-15(16)17/h3-9,14-15,18H,2,10H2,1H3. The fourth-order valence-electron chi connectivity index (χ4n) is 2.07. The lowest BCUT2D eigenvalue weighted by atomic mass is 10.0. The molecule has 1 aromatic heterocycles. The Morgan fingerprint density at radius 1 is 1.20 bits per heavy atom. The van der Waals surface area contributed by atoms with Crippen molar-refractivity contribution in [2.75, 3.05) is 6.54 Å². The molecule has 1 aromatic carbocycles. The summed E-state index contributed by atoms with van der Waals surface area (Å²) in [6.45, 7) is 0.0258. The Kier molecular flexibility index (Phi) is 5.12. The Bertz CT molecular complexity index is 497. The van der Waals surface area contributed by atoms with E-state index in [1.807, 2.05) is 19.1 Å². The van der Waals surface area contributed by atoms with Gasteiger partial charge in [-0.1, -0.05) is 19.1 Å². The molecule has 0 fully saturated rings. The zero-order valence-corrected chi connectivity index (χ0v) is 11.2. The Morgan fingerprint density at radius 2 is 1.95 bits per heavy atom. The fourth-order valence-corrected chi connectivity index (χ4v) is 2.07. The van der Waals surface area contributed by atoms with Crippen LogP contribution < -0.4 is 10.1 Å². The van der Waals surface area contributed by atoms with Crippen molar-refractivity contribution in [1.82, 2.24) is 5.32 Å². The molecule has 1 unspecified atom stereocenters. The second-order valence-electron chi connectivity index (χ2n) is 4.34. The van der Waals surface area contributed by atoms with Crippen LogP contribution in [-0.2, 0) is 6.42 Å². The maximum atomic E-state index is 12.1. The van der Waals surface area contributed by atoms with E-state index in [2.05, 4.69) is 10.1 Å². The number of rotatable bonds is 7. The number of likely N-dealkylation sites (N-methyl/N-ethyl adjacent to an activating group) is 1. The van der Waals surface area contributed by atoms with Gasteiger partial charge in [0.1, 0.15) is 11.5 Å². The number of hydrogen-bond donors (Lipinski definition) is 1. The Morgan fingerprint density at radius 3 is 2.50 bits per heavy atom. The lowest BCUT2D eigenvalue weighted by molar-refractivity contribution is -0.0498. The first-order chi connectivity index (χ1) is 9.69. The number of hydrogen-bond acceptors (Lipinski definition) is 3. The molecule has 3 nitrogen and oxygen atoms in total. The fraction of sp³-hybridized carbons (Fsp3) is 0.333. The quantitative estimate of drug-likeness (QED) is 0.838. The first-order valence-electron chi connectivity index (χ1n) is 6.49. The molecule has 0 bridgehead atoms. The maximum absolute atomic E-state index is 12.1. The van der Waals surface area contributed by atoms with Crippen LogP contribution >= 0.6 is 0 Å². The lowest BCUT2D eigenvalue weighted by Gasteiger charge is -2.17. The molecule has 0 amide bonds. The number of nitrogens with one attached hydrogen (secondary N) is 1. The molecule has 1 heterocycles. The summed E-state index contributed by atoms with van der Waals surface area (Å²) < 4.78 is 33.9. The van der Waals surface area contributed by atoms with Crippen LogP contribution in [0.15, 0.2) is 47.1 Å². The average Bonchev–Trinajstić information content (AvgIpc) is 2.91. The van der Waals surface area contributed by atoms with Crippen LogP contribution in [0.1, 0.15) is 24.3 Å². The van der Waals surface area contributed by atoms with Crippen LogP contribution in [0.25, 0.3) is 0 Å². The molecule has 20 heavy (non-hydrogen) atoms. The van der Waals surface area contributed by atoms with Crippen molar-refractivity contribution >= 4 is 0 Å². The smallest absolute Gasteiger partial charge is 0.387 e. The van der Waals surface area contributed by atoms with Gasteiger partial charge in [-0.05, 0) is 36.4 Å². The van der Waals surface area contributed by atoms with Crippen molar-refractivity contribution in [2.45, 2.75) is 26.0 Å². The van der Waals surface area contributed by atoms with E-state index >= 15 is 0 Å². The van der Waals surface area contributed by atoms with E-state index in [1.54, 1.807) is 30.5 Å². The van der Waals surface area contributed by atoms with Gasteiger partial charge in [0.05, 0.1) is 6.26 Å². The molecule has 108 valence electrons. The summed E-state index contributed by atoms with van der Waals surface area (Å²) in [5.74, 6) is 1.04. The van der Waals surface area contributed by atoms with Crippen LogP contribution in [0.5, 0.6) is 5.75 Å². The molecule has 0 aliphatic heterocycles. The van der Waals surface area contributed by atoms with Crippen molar-refractivity contribution in [1.29, 1.82) is 0 Å². The van der Waals surface area contributed by atoms with Crippen LogP contribution in [0.2, 0.25) is 0 Å². The predicted octanol–water partition coefficient (Wildman–Crippen LogP) is 3.77. The predicted molar refractivity (Wildman–Crippen MR) is 71.9 cm³/mol. The van der Waals surface area contributed by atoms with E-state index in [-0.39, 0.29) is 11.8 Å². The third kappa shape index (κ3) is 4.06. The molecule has 5 heteroatoms. The van der Waals surface area contributed by atoms with Gasteiger partial charge in [-0.2, -0.15) is 8.78 Å². The minimum absolute atomic E-state index is 0.0757. The summed E-state index contributed by atoms with van der Waals surface area (Å²) >= 11 is 0. The summed E-state index contributed by atoms with van der Waals surface area (Å²) in [5.41, 5.74) is 1.00. The van der Waals surface area contributed by atoms with E-state index in [0.29, 0.717) is 6.42 Å². The van der Waals surface area contributed by atoms with Crippen LogP contribution in [-0.4, -0.2) is 13.2 Å². The first-order valence-corrected chi connectivity index (χ1v) is 6.49. The topological polar surface area (TPSA) is 34.4 Å². The SMILES string of the molecule is CCNC(Cc1ccco1)c1ccc(OC(F)F)cc1. The summed E-state index contributed by atoms with van der Waals surface area (Å²) in [6, 6.07) is 10.5. The Labute approximate surface area is 116 Å². The average molecular weight is 281 g/mol. The minimum atomic E-state index is -2.80. The second kappa shape index (κ2) is 7.05. The van der Waals surface area contributed by atoms with E-state index in [0.717, 1.165) is 17.9 Å². The van der Waals surface area contributed by atoms with Gasteiger partial charge < -0.3 is 14.5 Å². The monoisotopic (exact) mass is 281 g/mol. The lowest BCUT2D eigenvalue weighted by Crippen LogP contribution is -2.22. The highest BCUT2D eigenvalue weighted by Crippen LogP contribution is 2.22.